The SMILES string of the molecule is C=CCC(N)C(=O)N(CC(=O)O)CC(=O)O. The van der Waals surface area contributed by atoms with Crippen molar-refractivity contribution in [2.24, 2.45) is 5.73 Å². The summed E-state index contributed by atoms with van der Waals surface area (Å²) in [5, 5.41) is 17.0. The van der Waals surface area contributed by atoms with Crippen molar-refractivity contribution in [1.82, 2.24) is 4.90 Å². The van der Waals surface area contributed by atoms with E-state index in [4.69, 9.17) is 15.9 Å². The quantitative estimate of drug-likeness (QED) is 0.477. The molecule has 0 rings (SSSR count). The number of carbonyl (C=O) groups is 3. The Kier molecular flexibility index (Phi) is 5.79. The second-order valence-corrected chi connectivity index (χ2v) is 3.11. The Morgan fingerprint density at radius 2 is 1.69 bits per heavy atom. The molecule has 7 nitrogen and oxygen atoms in total. The second kappa shape index (κ2) is 6.57. The summed E-state index contributed by atoms with van der Waals surface area (Å²) in [6, 6.07) is -0.962. The van der Waals surface area contributed by atoms with Gasteiger partial charge in [-0.15, -0.1) is 6.58 Å². The van der Waals surface area contributed by atoms with Gasteiger partial charge in [-0.1, -0.05) is 6.08 Å². The molecular formula is C9H14N2O5. The minimum absolute atomic E-state index is 0.161. The lowest BCUT2D eigenvalue weighted by Gasteiger charge is -2.21. The molecule has 0 spiro atoms. The monoisotopic (exact) mass is 230 g/mol. The van der Waals surface area contributed by atoms with Crippen LogP contribution in [0.3, 0.4) is 0 Å². The maximum absolute atomic E-state index is 11.5. The molecule has 0 saturated carbocycles. The summed E-state index contributed by atoms with van der Waals surface area (Å²) in [6.45, 7) is 2.01. The number of carboxylic acids is 2. The van der Waals surface area contributed by atoms with Gasteiger partial charge in [-0.3, -0.25) is 14.4 Å². The summed E-state index contributed by atoms with van der Waals surface area (Å²) in [5.74, 6) is -3.30. The van der Waals surface area contributed by atoms with Gasteiger partial charge in [0.05, 0.1) is 6.04 Å². The number of nitrogens with zero attached hydrogens (tertiary/aromatic N) is 1. The molecule has 0 fully saturated rings. The first-order valence-electron chi connectivity index (χ1n) is 4.47. The van der Waals surface area contributed by atoms with E-state index >= 15 is 0 Å². The summed E-state index contributed by atoms with van der Waals surface area (Å²) in [4.78, 5) is 33.1. The molecule has 0 aliphatic rings. The van der Waals surface area contributed by atoms with Crippen LogP contribution in [0.5, 0.6) is 0 Å². The first-order valence-corrected chi connectivity index (χ1v) is 4.47. The zero-order valence-electron chi connectivity index (χ0n) is 8.63. The normalized spacial score (nSPS) is 11.6. The summed E-state index contributed by atoms with van der Waals surface area (Å²) in [5.41, 5.74) is 5.43. The van der Waals surface area contributed by atoms with Crippen LogP contribution in [0.2, 0.25) is 0 Å². The molecule has 1 unspecified atom stereocenters. The van der Waals surface area contributed by atoms with Gasteiger partial charge in [0.1, 0.15) is 13.1 Å². The predicted molar refractivity (Wildman–Crippen MR) is 54.6 cm³/mol. The molecule has 0 bridgehead atoms. The molecule has 0 aliphatic carbocycles. The largest absolute Gasteiger partial charge is 0.480 e. The molecule has 0 aromatic carbocycles. The van der Waals surface area contributed by atoms with Gasteiger partial charge < -0.3 is 20.8 Å². The number of carboxylic acid groups (broad SMARTS) is 2. The molecule has 0 radical (unpaired) electrons. The molecule has 0 saturated heterocycles. The smallest absolute Gasteiger partial charge is 0.323 e. The highest BCUT2D eigenvalue weighted by atomic mass is 16.4. The Bertz CT molecular complexity index is 286. The number of aliphatic carboxylic acids is 2. The van der Waals surface area contributed by atoms with Gasteiger partial charge in [-0.05, 0) is 6.42 Å². The molecule has 4 N–H and O–H groups in total. The average Bonchev–Trinajstić information content (AvgIpc) is 2.14. The van der Waals surface area contributed by atoms with Crippen molar-refractivity contribution < 1.29 is 24.6 Å². The van der Waals surface area contributed by atoms with E-state index < -0.39 is 37.0 Å². The Morgan fingerprint density at radius 3 is 2.00 bits per heavy atom. The van der Waals surface area contributed by atoms with Gasteiger partial charge in [0.25, 0.3) is 0 Å². The van der Waals surface area contributed by atoms with E-state index in [1.54, 1.807) is 0 Å². The minimum atomic E-state index is -1.29. The van der Waals surface area contributed by atoms with Gasteiger partial charge >= 0.3 is 11.9 Å². The van der Waals surface area contributed by atoms with Crippen LogP contribution in [-0.2, 0) is 14.4 Å². The van der Waals surface area contributed by atoms with E-state index in [-0.39, 0.29) is 6.42 Å². The van der Waals surface area contributed by atoms with E-state index in [0.717, 1.165) is 0 Å². The summed E-state index contributed by atoms with van der Waals surface area (Å²) in [7, 11) is 0. The van der Waals surface area contributed by atoms with Gasteiger partial charge in [-0.25, -0.2) is 0 Å². The fourth-order valence-corrected chi connectivity index (χ4v) is 1.05. The molecular weight excluding hydrogens is 216 g/mol. The predicted octanol–water partition coefficient (Wildman–Crippen LogP) is -1.11. The standard InChI is InChI=1S/C9H14N2O5/c1-2-3-6(10)9(16)11(4-7(12)13)5-8(14)15/h2,6H,1,3-5,10H2,(H,12,13)(H,14,15). The van der Waals surface area contributed by atoms with E-state index in [9.17, 15) is 14.4 Å². The zero-order chi connectivity index (χ0) is 12.7. The van der Waals surface area contributed by atoms with Crippen LogP contribution in [0.25, 0.3) is 0 Å². The van der Waals surface area contributed by atoms with Crippen molar-refractivity contribution in [3.8, 4) is 0 Å². The summed E-state index contributed by atoms with van der Waals surface area (Å²) >= 11 is 0. The van der Waals surface area contributed by atoms with Crippen LogP contribution in [0.4, 0.5) is 0 Å². The maximum atomic E-state index is 11.5. The van der Waals surface area contributed by atoms with E-state index in [2.05, 4.69) is 6.58 Å². The van der Waals surface area contributed by atoms with Gasteiger partial charge in [0.2, 0.25) is 5.91 Å². The van der Waals surface area contributed by atoms with Crippen LogP contribution in [0.15, 0.2) is 12.7 Å². The van der Waals surface area contributed by atoms with Crippen molar-refractivity contribution in [3.05, 3.63) is 12.7 Å². The van der Waals surface area contributed by atoms with Crippen molar-refractivity contribution in [2.45, 2.75) is 12.5 Å². The number of amides is 1. The Morgan fingerprint density at radius 1 is 1.25 bits per heavy atom. The van der Waals surface area contributed by atoms with Crippen molar-refractivity contribution in [2.75, 3.05) is 13.1 Å². The van der Waals surface area contributed by atoms with Gasteiger partial charge in [-0.2, -0.15) is 0 Å². The third kappa shape index (κ3) is 5.11. The summed E-state index contributed by atoms with van der Waals surface area (Å²) < 4.78 is 0. The average molecular weight is 230 g/mol. The van der Waals surface area contributed by atoms with Crippen LogP contribution in [0.1, 0.15) is 6.42 Å². The molecule has 0 aromatic rings. The number of rotatable bonds is 7. The Hall–Kier alpha value is -1.89. The van der Waals surface area contributed by atoms with Gasteiger partial charge in [0, 0.05) is 0 Å². The van der Waals surface area contributed by atoms with Crippen LogP contribution in [-0.4, -0.2) is 52.1 Å². The van der Waals surface area contributed by atoms with Gasteiger partial charge in [0.15, 0.2) is 0 Å². The highest BCUT2D eigenvalue weighted by molar-refractivity contribution is 5.88. The fourth-order valence-electron chi connectivity index (χ4n) is 1.05. The van der Waals surface area contributed by atoms with E-state index in [1.807, 2.05) is 0 Å². The Labute approximate surface area is 92.1 Å². The number of nitrogens with two attached hydrogens (primary N) is 1. The highest BCUT2D eigenvalue weighted by Crippen LogP contribution is 1.98. The lowest BCUT2D eigenvalue weighted by molar-refractivity contribution is -0.149. The van der Waals surface area contributed by atoms with Crippen LogP contribution >= 0.6 is 0 Å². The summed E-state index contributed by atoms with van der Waals surface area (Å²) in [6.07, 6.45) is 1.57. The molecule has 7 heteroatoms. The fraction of sp³-hybridized carbons (Fsp3) is 0.444. The number of hydrogen-bond acceptors (Lipinski definition) is 4. The molecule has 0 heterocycles. The van der Waals surface area contributed by atoms with Crippen molar-refractivity contribution in [3.63, 3.8) is 0 Å². The first-order chi connectivity index (χ1) is 7.38. The molecule has 1 amide bonds. The lowest BCUT2D eigenvalue weighted by Crippen LogP contribution is -2.47. The van der Waals surface area contributed by atoms with Crippen molar-refractivity contribution >= 4 is 17.8 Å². The molecule has 1 atom stereocenters. The molecule has 90 valence electrons. The highest BCUT2D eigenvalue weighted by Gasteiger charge is 2.23. The number of carbonyl (C=O) groups excluding carboxylic acids is 1. The first kappa shape index (κ1) is 14.1. The molecule has 0 aromatic heterocycles. The lowest BCUT2D eigenvalue weighted by atomic mass is 10.2. The van der Waals surface area contributed by atoms with Crippen LogP contribution in [0, 0.1) is 0 Å². The van der Waals surface area contributed by atoms with E-state index in [0.29, 0.717) is 4.90 Å². The zero-order valence-corrected chi connectivity index (χ0v) is 8.63. The van der Waals surface area contributed by atoms with Crippen LogP contribution < -0.4 is 5.73 Å². The topological polar surface area (TPSA) is 121 Å². The maximum Gasteiger partial charge on any atom is 0.323 e. The Balaban J connectivity index is 4.59. The van der Waals surface area contributed by atoms with E-state index in [1.165, 1.54) is 6.08 Å². The van der Waals surface area contributed by atoms with Crippen molar-refractivity contribution in [1.29, 1.82) is 0 Å². The molecule has 16 heavy (non-hydrogen) atoms. The molecule has 0 aliphatic heterocycles. The third-order valence-electron chi connectivity index (χ3n) is 1.70. The second-order valence-electron chi connectivity index (χ2n) is 3.11. The third-order valence-corrected chi connectivity index (χ3v) is 1.70. The number of hydrogen-bond donors (Lipinski definition) is 3. The minimum Gasteiger partial charge on any atom is -0.480 e.